The van der Waals surface area contributed by atoms with E-state index in [0.29, 0.717) is 12.7 Å². The van der Waals surface area contributed by atoms with Gasteiger partial charge in [0, 0.05) is 7.11 Å². The monoisotopic (exact) mass is 226 g/mol. The van der Waals surface area contributed by atoms with Gasteiger partial charge in [-0.05, 0) is 39.7 Å². The first-order chi connectivity index (χ1) is 7.63. The van der Waals surface area contributed by atoms with Crippen LogP contribution in [0, 0.1) is 11.3 Å². The van der Waals surface area contributed by atoms with Gasteiger partial charge in [-0.15, -0.1) is 0 Å². The van der Waals surface area contributed by atoms with Gasteiger partial charge < -0.3 is 14.8 Å². The third-order valence-electron chi connectivity index (χ3n) is 3.32. The first-order valence-electron chi connectivity index (χ1n) is 5.88. The van der Waals surface area contributed by atoms with Gasteiger partial charge in [-0.1, -0.05) is 0 Å². The van der Waals surface area contributed by atoms with E-state index in [2.05, 4.69) is 11.4 Å². The molecular formula is C12H22N2O2. The summed E-state index contributed by atoms with van der Waals surface area (Å²) in [6.45, 7) is 2.28. The van der Waals surface area contributed by atoms with Crippen molar-refractivity contribution >= 4 is 0 Å². The topological polar surface area (TPSA) is 54.3 Å². The summed E-state index contributed by atoms with van der Waals surface area (Å²) in [5.74, 6) is 0. The Morgan fingerprint density at radius 3 is 2.69 bits per heavy atom. The van der Waals surface area contributed by atoms with E-state index in [1.54, 1.807) is 14.2 Å². The highest BCUT2D eigenvalue weighted by Gasteiger charge is 2.27. The molecule has 0 aromatic carbocycles. The fraction of sp³-hybridized carbons (Fsp3) is 0.917. The second-order valence-corrected chi connectivity index (χ2v) is 4.65. The van der Waals surface area contributed by atoms with E-state index in [0.717, 1.165) is 25.7 Å². The Morgan fingerprint density at radius 1 is 1.44 bits per heavy atom. The highest BCUT2D eigenvalue weighted by molar-refractivity contribution is 5.03. The van der Waals surface area contributed by atoms with Crippen LogP contribution in [0.3, 0.4) is 0 Å². The normalized spacial score (nSPS) is 29.4. The number of ether oxygens (including phenoxy) is 2. The molecule has 16 heavy (non-hydrogen) atoms. The minimum absolute atomic E-state index is 0.236. The van der Waals surface area contributed by atoms with Gasteiger partial charge in [-0.25, -0.2) is 0 Å². The lowest BCUT2D eigenvalue weighted by Crippen LogP contribution is -2.44. The minimum Gasteiger partial charge on any atom is -0.381 e. The molecule has 0 amide bonds. The molecular weight excluding hydrogens is 204 g/mol. The molecule has 0 saturated heterocycles. The van der Waals surface area contributed by atoms with Crippen molar-refractivity contribution in [2.24, 2.45) is 0 Å². The molecule has 1 aliphatic rings. The van der Waals surface area contributed by atoms with Gasteiger partial charge in [0.05, 0.1) is 24.9 Å². The molecule has 0 aromatic heterocycles. The van der Waals surface area contributed by atoms with Crippen LogP contribution in [0.4, 0.5) is 0 Å². The Labute approximate surface area is 97.9 Å². The Kier molecular flexibility index (Phi) is 5.20. The zero-order valence-corrected chi connectivity index (χ0v) is 10.5. The number of hydrogen-bond donors (Lipinski definition) is 1. The van der Waals surface area contributed by atoms with Gasteiger partial charge in [0.15, 0.2) is 0 Å². The Hall–Kier alpha value is -0.630. The molecule has 4 nitrogen and oxygen atoms in total. The van der Waals surface area contributed by atoms with Crippen molar-refractivity contribution in [2.75, 3.05) is 20.8 Å². The fourth-order valence-corrected chi connectivity index (χ4v) is 1.91. The van der Waals surface area contributed by atoms with Crippen LogP contribution in [-0.4, -0.2) is 38.5 Å². The third-order valence-corrected chi connectivity index (χ3v) is 3.32. The average Bonchev–Trinajstić information content (AvgIpc) is 2.36. The van der Waals surface area contributed by atoms with E-state index in [9.17, 15) is 0 Å². The number of nitriles is 1. The lowest BCUT2D eigenvalue weighted by atomic mass is 9.94. The van der Waals surface area contributed by atoms with Crippen LogP contribution in [0.2, 0.25) is 0 Å². The van der Waals surface area contributed by atoms with Crippen molar-refractivity contribution in [1.29, 1.82) is 5.26 Å². The minimum atomic E-state index is -0.583. The highest BCUT2D eigenvalue weighted by atomic mass is 16.5. The smallest absolute Gasteiger partial charge is 0.127 e. The van der Waals surface area contributed by atoms with Gasteiger partial charge in [0.25, 0.3) is 0 Å². The first-order valence-corrected chi connectivity index (χ1v) is 5.88. The molecule has 0 radical (unpaired) electrons. The molecule has 1 rings (SSSR count). The lowest BCUT2D eigenvalue weighted by molar-refractivity contribution is -0.0398. The maximum Gasteiger partial charge on any atom is 0.127 e. The summed E-state index contributed by atoms with van der Waals surface area (Å²) < 4.78 is 11.1. The molecule has 92 valence electrons. The van der Waals surface area contributed by atoms with E-state index in [1.807, 2.05) is 6.92 Å². The quantitative estimate of drug-likeness (QED) is 0.771. The van der Waals surface area contributed by atoms with Crippen LogP contribution in [0.25, 0.3) is 0 Å². The summed E-state index contributed by atoms with van der Waals surface area (Å²) in [7, 11) is 3.53. The van der Waals surface area contributed by atoms with E-state index >= 15 is 0 Å². The number of hydrogen-bond acceptors (Lipinski definition) is 4. The molecule has 1 fully saturated rings. The largest absolute Gasteiger partial charge is 0.381 e. The summed E-state index contributed by atoms with van der Waals surface area (Å²) in [5, 5.41) is 12.0. The number of rotatable bonds is 5. The van der Waals surface area contributed by atoms with Crippen LogP contribution in [-0.2, 0) is 9.47 Å². The summed E-state index contributed by atoms with van der Waals surface area (Å²) in [6, 6.07) is 2.23. The van der Waals surface area contributed by atoms with E-state index < -0.39 is 5.54 Å². The predicted molar refractivity (Wildman–Crippen MR) is 62.1 cm³/mol. The van der Waals surface area contributed by atoms with Crippen LogP contribution in [0.1, 0.15) is 32.6 Å². The Balaban J connectivity index is 2.35. The molecule has 1 N–H and O–H groups in total. The molecule has 0 aliphatic heterocycles. The van der Waals surface area contributed by atoms with E-state index in [4.69, 9.17) is 14.7 Å². The summed E-state index contributed by atoms with van der Waals surface area (Å²) >= 11 is 0. The molecule has 0 aromatic rings. The molecule has 4 heteroatoms. The van der Waals surface area contributed by atoms with Crippen LogP contribution < -0.4 is 5.32 Å². The summed E-state index contributed by atoms with van der Waals surface area (Å²) in [6.07, 6.45) is 4.85. The molecule has 1 aliphatic carbocycles. The SMILES string of the molecule is CNC(C)(C#N)COC1CCCC(OC)C1. The third kappa shape index (κ3) is 3.75. The van der Waals surface area contributed by atoms with Crippen LogP contribution in [0.5, 0.6) is 0 Å². The maximum atomic E-state index is 9.00. The van der Waals surface area contributed by atoms with Crippen molar-refractivity contribution in [2.45, 2.75) is 50.4 Å². The van der Waals surface area contributed by atoms with Crippen molar-refractivity contribution in [3.8, 4) is 6.07 Å². The standard InChI is InChI=1S/C12H22N2O2/c1-12(8-13,14-2)9-16-11-6-4-5-10(7-11)15-3/h10-11,14H,4-7,9H2,1-3H3. The van der Waals surface area contributed by atoms with Gasteiger partial charge in [-0.3, -0.25) is 0 Å². The molecule has 0 heterocycles. The molecule has 0 bridgehead atoms. The Morgan fingerprint density at radius 2 is 2.12 bits per heavy atom. The zero-order chi connectivity index (χ0) is 12.0. The summed E-state index contributed by atoms with van der Waals surface area (Å²) in [4.78, 5) is 0. The van der Waals surface area contributed by atoms with Crippen molar-refractivity contribution in [3.63, 3.8) is 0 Å². The van der Waals surface area contributed by atoms with Crippen LogP contribution >= 0.6 is 0 Å². The van der Waals surface area contributed by atoms with Gasteiger partial charge in [-0.2, -0.15) is 5.26 Å². The highest BCUT2D eigenvalue weighted by Crippen LogP contribution is 2.23. The first kappa shape index (κ1) is 13.4. The van der Waals surface area contributed by atoms with Gasteiger partial charge in [0.2, 0.25) is 0 Å². The predicted octanol–water partition coefficient (Wildman–Crippen LogP) is 1.46. The molecule has 1 saturated carbocycles. The number of nitrogens with zero attached hydrogens (tertiary/aromatic N) is 1. The van der Waals surface area contributed by atoms with Crippen molar-refractivity contribution in [3.05, 3.63) is 0 Å². The fourth-order valence-electron chi connectivity index (χ4n) is 1.91. The second kappa shape index (κ2) is 6.19. The average molecular weight is 226 g/mol. The molecule has 3 unspecified atom stereocenters. The van der Waals surface area contributed by atoms with Crippen molar-refractivity contribution < 1.29 is 9.47 Å². The zero-order valence-electron chi connectivity index (χ0n) is 10.5. The number of methoxy groups -OCH3 is 1. The van der Waals surface area contributed by atoms with Gasteiger partial charge in [0.1, 0.15) is 5.54 Å². The Bertz CT molecular complexity index is 252. The molecule has 0 spiro atoms. The second-order valence-electron chi connectivity index (χ2n) is 4.65. The molecule has 3 atom stereocenters. The maximum absolute atomic E-state index is 9.00. The number of likely N-dealkylation sites (N-methyl/N-ethyl adjacent to an activating group) is 1. The lowest BCUT2D eigenvalue weighted by Gasteiger charge is -2.30. The van der Waals surface area contributed by atoms with Crippen LogP contribution in [0.15, 0.2) is 0 Å². The van der Waals surface area contributed by atoms with Gasteiger partial charge >= 0.3 is 0 Å². The number of nitrogens with one attached hydrogen (secondary N) is 1. The van der Waals surface area contributed by atoms with Crippen molar-refractivity contribution in [1.82, 2.24) is 5.32 Å². The van der Waals surface area contributed by atoms with E-state index in [1.165, 1.54) is 0 Å². The summed E-state index contributed by atoms with van der Waals surface area (Å²) in [5.41, 5.74) is -0.583. The van der Waals surface area contributed by atoms with E-state index in [-0.39, 0.29) is 6.10 Å².